The molecule has 0 spiro atoms. The van der Waals surface area contributed by atoms with E-state index < -0.39 is 0 Å². The minimum atomic E-state index is 0.154. The maximum Gasteiger partial charge on any atom is 0.223 e. The second-order valence-corrected chi connectivity index (χ2v) is 4.60. The van der Waals surface area contributed by atoms with Gasteiger partial charge in [0.05, 0.1) is 0 Å². The van der Waals surface area contributed by atoms with E-state index in [0.717, 1.165) is 30.2 Å². The van der Waals surface area contributed by atoms with Crippen LogP contribution in [0.3, 0.4) is 0 Å². The first-order chi connectivity index (χ1) is 6.61. The van der Waals surface area contributed by atoms with Crippen molar-refractivity contribution < 1.29 is 4.79 Å². The van der Waals surface area contributed by atoms with Gasteiger partial charge in [-0.25, -0.2) is 0 Å². The Bertz CT molecular complexity index is 192. The zero-order chi connectivity index (χ0) is 11.0. The van der Waals surface area contributed by atoms with Gasteiger partial charge >= 0.3 is 0 Å². The molecule has 0 aromatic carbocycles. The van der Waals surface area contributed by atoms with Crippen LogP contribution in [0.4, 0.5) is 0 Å². The van der Waals surface area contributed by atoms with Crippen LogP contribution in [0.2, 0.25) is 0 Å². The lowest BCUT2D eigenvalue weighted by molar-refractivity contribution is -0.125. The highest BCUT2D eigenvalue weighted by Crippen LogP contribution is 2.12. The van der Waals surface area contributed by atoms with Gasteiger partial charge in [-0.2, -0.15) is 0 Å². The molecule has 1 amide bonds. The number of carbonyl (C=O) groups excluding carboxylic acids is 1. The van der Waals surface area contributed by atoms with E-state index in [-0.39, 0.29) is 11.8 Å². The van der Waals surface area contributed by atoms with Crippen molar-refractivity contribution in [3.63, 3.8) is 0 Å². The minimum Gasteiger partial charge on any atom is -0.351 e. The summed E-state index contributed by atoms with van der Waals surface area (Å²) in [5.74, 6) is 0.323. The molecule has 1 atom stereocenters. The van der Waals surface area contributed by atoms with Gasteiger partial charge in [0, 0.05) is 16.9 Å². The van der Waals surface area contributed by atoms with E-state index in [1.165, 1.54) is 0 Å². The summed E-state index contributed by atoms with van der Waals surface area (Å²) >= 11 is 3.22. The zero-order valence-corrected chi connectivity index (χ0v) is 10.7. The molecule has 2 nitrogen and oxygen atoms in total. The fraction of sp³-hybridized carbons (Fsp3) is 0.727. The van der Waals surface area contributed by atoms with Crippen molar-refractivity contribution in [1.29, 1.82) is 0 Å². The van der Waals surface area contributed by atoms with Crippen LogP contribution in [0.15, 0.2) is 11.1 Å². The van der Waals surface area contributed by atoms with E-state index in [9.17, 15) is 4.79 Å². The van der Waals surface area contributed by atoms with Gasteiger partial charge in [0.2, 0.25) is 5.91 Å². The standard InChI is InChI=1S/C11H20BrNO/c1-4-6-7-10(5-2)11(14)13-8-9(3)12/h10H,3-8H2,1-2H3,(H,13,14). The molecule has 0 saturated carbocycles. The van der Waals surface area contributed by atoms with Crippen molar-refractivity contribution in [2.45, 2.75) is 39.5 Å². The topological polar surface area (TPSA) is 29.1 Å². The molecule has 0 aliphatic rings. The van der Waals surface area contributed by atoms with E-state index in [0.29, 0.717) is 6.54 Å². The highest BCUT2D eigenvalue weighted by Gasteiger charge is 2.14. The number of hydrogen-bond acceptors (Lipinski definition) is 1. The van der Waals surface area contributed by atoms with Crippen molar-refractivity contribution in [3.8, 4) is 0 Å². The summed E-state index contributed by atoms with van der Waals surface area (Å²) in [4.78, 5) is 11.6. The van der Waals surface area contributed by atoms with Gasteiger partial charge in [-0.05, 0) is 12.8 Å². The van der Waals surface area contributed by atoms with Crippen LogP contribution >= 0.6 is 15.9 Å². The van der Waals surface area contributed by atoms with Crippen LogP contribution in [0.5, 0.6) is 0 Å². The highest BCUT2D eigenvalue weighted by molar-refractivity contribution is 9.11. The van der Waals surface area contributed by atoms with Gasteiger partial charge < -0.3 is 5.32 Å². The first-order valence-corrected chi connectivity index (χ1v) is 6.02. The van der Waals surface area contributed by atoms with Crippen LogP contribution in [0, 0.1) is 5.92 Å². The molecule has 0 aromatic rings. The van der Waals surface area contributed by atoms with Crippen molar-refractivity contribution in [3.05, 3.63) is 11.1 Å². The lowest BCUT2D eigenvalue weighted by Crippen LogP contribution is -2.31. The zero-order valence-electron chi connectivity index (χ0n) is 9.11. The summed E-state index contributed by atoms with van der Waals surface area (Å²) < 4.78 is 0.816. The second kappa shape index (κ2) is 8.04. The molecule has 0 radical (unpaired) electrons. The van der Waals surface area contributed by atoms with Crippen molar-refractivity contribution in [2.75, 3.05) is 6.54 Å². The second-order valence-electron chi connectivity index (χ2n) is 3.48. The number of amides is 1. The number of unbranched alkanes of at least 4 members (excludes halogenated alkanes) is 1. The maximum atomic E-state index is 11.6. The Morgan fingerprint density at radius 2 is 2.14 bits per heavy atom. The first kappa shape index (κ1) is 13.7. The predicted octanol–water partition coefficient (Wildman–Crippen LogP) is 3.23. The lowest BCUT2D eigenvalue weighted by atomic mass is 9.98. The largest absolute Gasteiger partial charge is 0.351 e. The third kappa shape index (κ3) is 6.19. The number of halogens is 1. The molecule has 14 heavy (non-hydrogen) atoms. The molecular weight excluding hydrogens is 242 g/mol. The van der Waals surface area contributed by atoms with Crippen LogP contribution in [-0.2, 0) is 4.79 Å². The number of rotatable bonds is 7. The molecule has 0 bridgehead atoms. The van der Waals surface area contributed by atoms with Gasteiger partial charge in [-0.15, -0.1) is 0 Å². The molecule has 3 heteroatoms. The van der Waals surface area contributed by atoms with Gasteiger partial charge in [0.25, 0.3) is 0 Å². The Kier molecular flexibility index (Phi) is 7.86. The fourth-order valence-electron chi connectivity index (χ4n) is 1.30. The molecule has 1 N–H and O–H groups in total. The van der Waals surface area contributed by atoms with Crippen molar-refractivity contribution >= 4 is 21.8 Å². The van der Waals surface area contributed by atoms with Crippen molar-refractivity contribution in [1.82, 2.24) is 5.32 Å². The average molecular weight is 262 g/mol. The molecule has 1 unspecified atom stereocenters. The van der Waals surface area contributed by atoms with E-state index in [4.69, 9.17) is 0 Å². The summed E-state index contributed by atoms with van der Waals surface area (Å²) in [6.07, 6.45) is 4.18. The fourth-order valence-corrected chi connectivity index (χ4v) is 1.44. The first-order valence-electron chi connectivity index (χ1n) is 5.22. The van der Waals surface area contributed by atoms with Gasteiger partial charge in [0.15, 0.2) is 0 Å². The molecular formula is C11H20BrNO. The summed E-state index contributed by atoms with van der Waals surface area (Å²) in [6.45, 7) is 8.41. The number of carbonyl (C=O) groups is 1. The molecule has 0 aliphatic heterocycles. The SMILES string of the molecule is C=C(Br)CNC(=O)C(CC)CCCC. The van der Waals surface area contributed by atoms with Gasteiger partial charge in [0.1, 0.15) is 0 Å². The third-order valence-electron chi connectivity index (χ3n) is 2.22. The number of hydrogen-bond donors (Lipinski definition) is 1. The molecule has 0 heterocycles. The quantitative estimate of drug-likeness (QED) is 0.749. The normalized spacial score (nSPS) is 12.2. The van der Waals surface area contributed by atoms with Crippen LogP contribution in [-0.4, -0.2) is 12.5 Å². The smallest absolute Gasteiger partial charge is 0.223 e. The minimum absolute atomic E-state index is 0.154. The lowest BCUT2D eigenvalue weighted by Gasteiger charge is -2.13. The van der Waals surface area contributed by atoms with Crippen molar-refractivity contribution in [2.24, 2.45) is 5.92 Å². The number of nitrogens with one attached hydrogen (secondary N) is 1. The monoisotopic (exact) mass is 261 g/mol. The van der Waals surface area contributed by atoms with Gasteiger partial charge in [-0.3, -0.25) is 4.79 Å². The summed E-state index contributed by atoms with van der Waals surface area (Å²) in [5.41, 5.74) is 0. The Hall–Kier alpha value is -0.310. The van der Waals surface area contributed by atoms with E-state index >= 15 is 0 Å². The molecule has 0 fully saturated rings. The highest BCUT2D eigenvalue weighted by atomic mass is 79.9. The maximum absolute atomic E-state index is 11.6. The van der Waals surface area contributed by atoms with E-state index in [2.05, 4.69) is 41.7 Å². The van der Waals surface area contributed by atoms with E-state index in [1.54, 1.807) is 0 Å². The molecule has 0 aromatic heterocycles. The Morgan fingerprint density at radius 3 is 2.57 bits per heavy atom. The molecule has 0 saturated heterocycles. The summed E-state index contributed by atoms with van der Waals surface area (Å²) in [6, 6.07) is 0. The summed E-state index contributed by atoms with van der Waals surface area (Å²) in [5, 5.41) is 2.86. The Labute approximate surface area is 95.3 Å². The molecule has 0 aliphatic carbocycles. The average Bonchev–Trinajstić information content (AvgIpc) is 2.16. The Balaban J connectivity index is 3.85. The molecule has 0 rings (SSSR count). The molecule has 82 valence electrons. The summed E-state index contributed by atoms with van der Waals surface area (Å²) in [7, 11) is 0. The van der Waals surface area contributed by atoms with Gasteiger partial charge in [-0.1, -0.05) is 49.2 Å². The third-order valence-corrected chi connectivity index (χ3v) is 2.50. The van der Waals surface area contributed by atoms with Crippen LogP contribution in [0.25, 0.3) is 0 Å². The van der Waals surface area contributed by atoms with Crippen LogP contribution in [0.1, 0.15) is 39.5 Å². The Morgan fingerprint density at radius 1 is 1.50 bits per heavy atom. The predicted molar refractivity (Wildman–Crippen MR) is 64.4 cm³/mol. The van der Waals surface area contributed by atoms with E-state index in [1.807, 2.05) is 0 Å². The van der Waals surface area contributed by atoms with Crippen LogP contribution < -0.4 is 5.32 Å².